The van der Waals surface area contributed by atoms with Gasteiger partial charge in [0.2, 0.25) is 0 Å². The molecule has 22 heavy (non-hydrogen) atoms. The van der Waals surface area contributed by atoms with Crippen molar-refractivity contribution in [3.8, 4) is 5.75 Å². The molecule has 2 rings (SSSR count). The van der Waals surface area contributed by atoms with E-state index in [1.54, 1.807) is 18.2 Å². The number of rotatable bonds is 4. The molecule has 0 atom stereocenters. The van der Waals surface area contributed by atoms with Crippen LogP contribution in [0.25, 0.3) is 0 Å². The number of hydrogen-bond acceptors (Lipinski definition) is 5. The van der Waals surface area contributed by atoms with Crippen molar-refractivity contribution in [1.82, 2.24) is 20.8 Å². The maximum atomic E-state index is 11.6. The standard InChI is InChI=1S/C13H10BrClN4O3/c14-8-1-2-11(9(15)5-8)22-7-12(20)18-19-13(21)10-6-16-3-4-17-10/h1-6H,7H2,(H,18,20)(H,19,21). The van der Waals surface area contributed by atoms with Crippen LogP contribution in [-0.4, -0.2) is 28.4 Å². The summed E-state index contributed by atoms with van der Waals surface area (Å²) in [5.74, 6) is -0.764. The van der Waals surface area contributed by atoms with Gasteiger partial charge in [-0.25, -0.2) is 4.98 Å². The smallest absolute Gasteiger partial charge is 0.289 e. The monoisotopic (exact) mass is 384 g/mol. The second kappa shape index (κ2) is 7.71. The number of halogens is 2. The van der Waals surface area contributed by atoms with Gasteiger partial charge in [0.05, 0.1) is 11.2 Å². The molecule has 2 aromatic rings. The van der Waals surface area contributed by atoms with E-state index in [-0.39, 0.29) is 12.3 Å². The summed E-state index contributed by atoms with van der Waals surface area (Å²) in [5, 5.41) is 0.366. The van der Waals surface area contributed by atoms with Crippen molar-refractivity contribution >= 4 is 39.3 Å². The van der Waals surface area contributed by atoms with E-state index in [4.69, 9.17) is 16.3 Å². The molecule has 114 valence electrons. The average Bonchev–Trinajstić information content (AvgIpc) is 2.52. The normalized spacial score (nSPS) is 9.91. The Hall–Kier alpha value is -2.19. The predicted octanol–water partition coefficient (Wildman–Crippen LogP) is 1.73. The van der Waals surface area contributed by atoms with Crippen LogP contribution in [-0.2, 0) is 4.79 Å². The van der Waals surface area contributed by atoms with Gasteiger partial charge in [-0.05, 0) is 18.2 Å². The van der Waals surface area contributed by atoms with Gasteiger partial charge in [-0.1, -0.05) is 27.5 Å². The molecule has 0 bridgehead atoms. The van der Waals surface area contributed by atoms with Crippen LogP contribution in [0.15, 0.2) is 41.3 Å². The zero-order valence-corrected chi connectivity index (χ0v) is 13.4. The number of nitrogens with zero attached hydrogens (tertiary/aromatic N) is 2. The Balaban J connectivity index is 1.80. The van der Waals surface area contributed by atoms with E-state index < -0.39 is 11.8 Å². The van der Waals surface area contributed by atoms with E-state index in [1.165, 1.54) is 18.6 Å². The van der Waals surface area contributed by atoms with E-state index in [2.05, 4.69) is 36.7 Å². The van der Waals surface area contributed by atoms with E-state index in [0.29, 0.717) is 10.8 Å². The largest absolute Gasteiger partial charge is 0.482 e. The molecule has 0 aliphatic rings. The summed E-state index contributed by atoms with van der Waals surface area (Å²) in [6.07, 6.45) is 4.08. The van der Waals surface area contributed by atoms with Gasteiger partial charge in [0.1, 0.15) is 11.4 Å². The second-order valence-electron chi connectivity index (χ2n) is 3.96. The molecular formula is C13H10BrClN4O3. The van der Waals surface area contributed by atoms with Gasteiger partial charge in [0.15, 0.2) is 6.61 Å². The van der Waals surface area contributed by atoms with Crippen molar-refractivity contribution in [2.24, 2.45) is 0 Å². The highest BCUT2D eigenvalue weighted by molar-refractivity contribution is 9.10. The van der Waals surface area contributed by atoms with Gasteiger partial charge in [-0.2, -0.15) is 0 Å². The Kier molecular flexibility index (Phi) is 5.68. The zero-order chi connectivity index (χ0) is 15.9. The molecular weight excluding hydrogens is 376 g/mol. The maximum absolute atomic E-state index is 11.6. The lowest BCUT2D eigenvalue weighted by Gasteiger charge is -2.09. The van der Waals surface area contributed by atoms with Crippen LogP contribution in [0.2, 0.25) is 5.02 Å². The van der Waals surface area contributed by atoms with Gasteiger partial charge in [0, 0.05) is 16.9 Å². The van der Waals surface area contributed by atoms with Gasteiger partial charge < -0.3 is 4.74 Å². The molecule has 2 N–H and O–H groups in total. The number of hydrazine groups is 1. The van der Waals surface area contributed by atoms with E-state index in [1.807, 2.05) is 0 Å². The summed E-state index contributed by atoms with van der Waals surface area (Å²) in [6.45, 7) is -0.303. The Morgan fingerprint density at radius 1 is 1.27 bits per heavy atom. The minimum absolute atomic E-state index is 0.0830. The van der Waals surface area contributed by atoms with Gasteiger partial charge >= 0.3 is 0 Å². The number of carbonyl (C=O) groups is 2. The fraction of sp³-hybridized carbons (Fsp3) is 0.0769. The first-order valence-electron chi connectivity index (χ1n) is 5.99. The van der Waals surface area contributed by atoms with Crippen molar-refractivity contribution in [2.75, 3.05) is 6.61 Å². The van der Waals surface area contributed by atoms with Crippen LogP contribution >= 0.6 is 27.5 Å². The Labute approximate surface area is 139 Å². The first-order valence-corrected chi connectivity index (χ1v) is 7.16. The summed E-state index contributed by atoms with van der Waals surface area (Å²) in [6, 6.07) is 5.00. The van der Waals surface area contributed by atoms with Crippen LogP contribution in [0.1, 0.15) is 10.5 Å². The third kappa shape index (κ3) is 4.68. The number of hydrogen-bond donors (Lipinski definition) is 2. The third-order valence-corrected chi connectivity index (χ3v) is 3.15. The highest BCUT2D eigenvalue weighted by Crippen LogP contribution is 2.27. The summed E-state index contributed by atoms with van der Waals surface area (Å²) in [5.41, 5.74) is 4.48. The first kappa shape index (κ1) is 16.2. The number of aromatic nitrogens is 2. The van der Waals surface area contributed by atoms with Crippen molar-refractivity contribution in [2.45, 2.75) is 0 Å². The average molecular weight is 386 g/mol. The van der Waals surface area contributed by atoms with Crippen molar-refractivity contribution in [3.05, 3.63) is 52.0 Å². The van der Waals surface area contributed by atoms with Gasteiger partial charge in [-0.15, -0.1) is 0 Å². The van der Waals surface area contributed by atoms with Crippen LogP contribution in [0.4, 0.5) is 0 Å². The van der Waals surface area contributed by atoms with Crippen LogP contribution in [0.3, 0.4) is 0 Å². The molecule has 0 fully saturated rings. The fourth-order valence-corrected chi connectivity index (χ4v) is 2.11. The SMILES string of the molecule is O=C(COc1ccc(Br)cc1Cl)NNC(=O)c1cnccn1. The van der Waals surface area contributed by atoms with E-state index in [9.17, 15) is 9.59 Å². The van der Waals surface area contributed by atoms with Crippen molar-refractivity contribution in [1.29, 1.82) is 0 Å². The Morgan fingerprint density at radius 2 is 2.09 bits per heavy atom. The fourth-order valence-electron chi connectivity index (χ4n) is 1.38. The van der Waals surface area contributed by atoms with Crippen molar-refractivity contribution in [3.63, 3.8) is 0 Å². The van der Waals surface area contributed by atoms with Crippen LogP contribution in [0.5, 0.6) is 5.75 Å². The number of amides is 2. The molecule has 0 unspecified atom stereocenters. The molecule has 9 heteroatoms. The molecule has 1 aromatic heterocycles. The molecule has 0 aliphatic carbocycles. The van der Waals surface area contributed by atoms with Crippen LogP contribution in [0, 0.1) is 0 Å². The second-order valence-corrected chi connectivity index (χ2v) is 5.28. The molecule has 1 heterocycles. The number of nitrogens with one attached hydrogen (secondary N) is 2. The molecule has 0 saturated carbocycles. The minimum atomic E-state index is -0.580. The molecule has 1 aromatic carbocycles. The Bertz CT molecular complexity index is 684. The summed E-state index contributed by atoms with van der Waals surface area (Å²) >= 11 is 9.21. The molecule has 0 radical (unpaired) electrons. The molecule has 7 nitrogen and oxygen atoms in total. The zero-order valence-electron chi connectivity index (χ0n) is 11.0. The molecule has 0 aliphatic heterocycles. The van der Waals surface area contributed by atoms with Gasteiger partial charge in [-0.3, -0.25) is 25.4 Å². The first-order chi connectivity index (χ1) is 10.6. The highest BCUT2D eigenvalue weighted by Gasteiger charge is 2.10. The van der Waals surface area contributed by atoms with Gasteiger partial charge in [0.25, 0.3) is 11.8 Å². The van der Waals surface area contributed by atoms with Crippen LogP contribution < -0.4 is 15.6 Å². The summed E-state index contributed by atoms with van der Waals surface area (Å²) in [7, 11) is 0. The lowest BCUT2D eigenvalue weighted by molar-refractivity contribution is -0.123. The molecule has 2 amide bonds. The predicted molar refractivity (Wildman–Crippen MR) is 82.3 cm³/mol. The summed E-state index contributed by atoms with van der Waals surface area (Å²) < 4.78 is 6.04. The van der Waals surface area contributed by atoms with E-state index >= 15 is 0 Å². The number of benzene rings is 1. The van der Waals surface area contributed by atoms with Crippen molar-refractivity contribution < 1.29 is 14.3 Å². The Morgan fingerprint density at radius 3 is 2.77 bits per heavy atom. The molecule has 0 saturated heterocycles. The number of carbonyl (C=O) groups excluding carboxylic acids is 2. The highest BCUT2D eigenvalue weighted by atomic mass is 79.9. The molecule has 0 spiro atoms. The number of ether oxygens (including phenoxy) is 1. The lowest BCUT2D eigenvalue weighted by atomic mass is 10.3. The maximum Gasteiger partial charge on any atom is 0.289 e. The summed E-state index contributed by atoms with van der Waals surface area (Å²) in [4.78, 5) is 30.7. The topological polar surface area (TPSA) is 93.2 Å². The third-order valence-electron chi connectivity index (χ3n) is 2.36. The minimum Gasteiger partial charge on any atom is -0.482 e. The quantitative estimate of drug-likeness (QED) is 0.782. The lowest BCUT2D eigenvalue weighted by Crippen LogP contribution is -2.44. The van der Waals surface area contributed by atoms with E-state index in [0.717, 1.165) is 4.47 Å².